The number of nitrogens with zero attached hydrogens (tertiary/aromatic N) is 3. The molecule has 1 heterocycles. The van der Waals surface area contributed by atoms with Gasteiger partial charge in [-0.25, -0.2) is 0 Å². The van der Waals surface area contributed by atoms with Crippen LogP contribution in [0.15, 0.2) is 53.6 Å². The lowest BCUT2D eigenvalue weighted by Gasteiger charge is -2.41. The van der Waals surface area contributed by atoms with Crippen molar-refractivity contribution in [3.63, 3.8) is 0 Å². The lowest BCUT2D eigenvalue weighted by molar-refractivity contribution is -0.926. The number of quaternary nitrogens is 1. The maximum absolute atomic E-state index is 9.52. The van der Waals surface area contributed by atoms with E-state index >= 15 is 0 Å². The highest BCUT2D eigenvalue weighted by Crippen LogP contribution is 2.24. The summed E-state index contributed by atoms with van der Waals surface area (Å²) in [5.74, 6) is -0.233. The van der Waals surface area contributed by atoms with Gasteiger partial charge in [0.1, 0.15) is 6.54 Å². The molecular weight excluding hydrogens is 302 g/mol. The van der Waals surface area contributed by atoms with E-state index in [0.29, 0.717) is 0 Å². The zero-order valence-corrected chi connectivity index (χ0v) is 14.0. The average Bonchev–Trinajstić information content (AvgIpc) is 2.58. The van der Waals surface area contributed by atoms with E-state index in [1.54, 1.807) is 12.3 Å². The van der Waals surface area contributed by atoms with Gasteiger partial charge in [-0.15, -0.1) is 0 Å². The first-order chi connectivity index (χ1) is 11.5. The molecule has 0 amide bonds. The van der Waals surface area contributed by atoms with Crippen molar-refractivity contribution in [3.05, 3.63) is 59.7 Å². The Hall–Kier alpha value is -2.53. The highest BCUT2D eigenvalue weighted by atomic mass is 16.3. The Bertz CT molecular complexity index is 708. The van der Waals surface area contributed by atoms with Crippen molar-refractivity contribution in [2.45, 2.75) is 6.54 Å². The zero-order chi connectivity index (χ0) is 17.0. The van der Waals surface area contributed by atoms with Crippen molar-refractivity contribution >= 4 is 6.21 Å². The predicted octanol–water partition coefficient (Wildman–Crippen LogP) is 2.39. The average molecular weight is 326 g/mol. The second-order valence-corrected chi connectivity index (χ2v) is 6.66. The van der Waals surface area contributed by atoms with Gasteiger partial charge in [0.25, 0.3) is 0 Å². The van der Waals surface area contributed by atoms with Gasteiger partial charge in [-0.05, 0) is 23.8 Å². The van der Waals surface area contributed by atoms with E-state index in [0.717, 1.165) is 42.8 Å². The van der Waals surface area contributed by atoms with Crippen LogP contribution in [0, 0.1) is 0 Å². The van der Waals surface area contributed by atoms with Gasteiger partial charge in [-0.2, -0.15) is 5.10 Å². The van der Waals surface area contributed by atoms with E-state index in [1.807, 2.05) is 0 Å². The smallest absolute Gasteiger partial charge is 0.158 e. The molecule has 2 aromatic carbocycles. The molecule has 0 unspecified atom stereocenters. The normalized spacial score (nSPS) is 17.3. The van der Waals surface area contributed by atoms with Crippen LogP contribution in [0.2, 0.25) is 0 Å². The minimum Gasteiger partial charge on any atom is -0.504 e. The maximum atomic E-state index is 9.52. The Balaban J connectivity index is 1.56. The van der Waals surface area contributed by atoms with Crippen LogP contribution in [0.25, 0.3) is 0 Å². The zero-order valence-electron chi connectivity index (χ0n) is 14.0. The van der Waals surface area contributed by atoms with Crippen LogP contribution in [0.1, 0.15) is 11.1 Å². The Morgan fingerprint density at radius 2 is 1.75 bits per heavy atom. The van der Waals surface area contributed by atoms with Crippen molar-refractivity contribution in [3.8, 4) is 11.5 Å². The van der Waals surface area contributed by atoms with E-state index in [9.17, 15) is 10.2 Å². The SMILES string of the molecule is C[N+]1(Cc2ccccc2)CCN(/N=C\c2ccc(O)c(O)c2)CC1. The van der Waals surface area contributed by atoms with Crippen molar-refractivity contribution < 1.29 is 14.7 Å². The van der Waals surface area contributed by atoms with Gasteiger partial charge in [-0.3, -0.25) is 5.01 Å². The van der Waals surface area contributed by atoms with Gasteiger partial charge in [0.05, 0.1) is 39.4 Å². The number of phenols is 2. The molecule has 5 nitrogen and oxygen atoms in total. The number of likely N-dealkylation sites (N-methyl/N-ethyl adjacent to an activating group) is 1. The van der Waals surface area contributed by atoms with Crippen LogP contribution in [0.5, 0.6) is 11.5 Å². The molecule has 0 atom stereocenters. The summed E-state index contributed by atoms with van der Waals surface area (Å²) in [6, 6.07) is 15.3. The van der Waals surface area contributed by atoms with Gasteiger partial charge in [0.15, 0.2) is 11.5 Å². The molecule has 0 bridgehead atoms. The molecular formula is C19H24N3O2+. The Morgan fingerprint density at radius 3 is 2.42 bits per heavy atom. The van der Waals surface area contributed by atoms with Crippen LogP contribution < -0.4 is 0 Å². The molecule has 0 saturated carbocycles. The third-order valence-corrected chi connectivity index (χ3v) is 4.57. The Morgan fingerprint density at radius 1 is 1.04 bits per heavy atom. The summed E-state index contributed by atoms with van der Waals surface area (Å²) in [7, 11) is 2.30. The first-order valence-electron chi connectivity index (χ1n) is 8.22. The predicted molar refractivity (Wildman–Crippen MR) is 95.0 cm³/mol. The van der Waals surface area contributed by atoms with E-state index in [1.165, 1.54) is 17.7 Å². The number of piperazine rings is 1. The number of hydrazone groups is 1. The number of hydrogen-bond donors (Lipinski definition) is 2. The largest absolute Gasteiger partial charge is 0.504 e. The maximum Gasteiger partial charge on any atom is 0.158 e. The molecule has 1 saturated heterocycles. The van der Waals surface area contributed by atoms with E-state index in [-0.39, 0.29) is 11.5 Å². The third kappa shape index (κ3) is 4.06. The van der Waals surface area contributed by atoms with Crippen molar-refractivity contribution in [1.29, 1.82) is 0 Å². The summed E-state index contributed by atoms with van der Waals surface area (Å²) in [5, 5.41) is 25.4. The molecule has 3 rings (SSSR count). The molecule has 0 spiro atoms. The summed E-state index contributed by atoms with van der Waals surface area (Å²) in [4.78, 5) is 0. The number of hydrogen-bond acceptors (Lipinski definition) is 4. The summed E-state index contributed by atoms with van der Waals surface area (Å²) < 4.78 is 1.02. The third-order valence-electron chi connectivity index (χ3n) is 4.57. The van der Waals surface area contributed by atoms with E-state index < -0.39 is 0 Å². The van der Waals surface area contributed by atoms with E-state index in [4.69, 9.17) is 0 Å². The van der Waals surface area contributed by atoms with Gasteiger partial charge >= 0.3 is 0 Å². The molecule has 0 aromatic heterocycles. The minimum atomic E-state index is -0.121. The first kappa shape index (κ1) is 16.3. The lowest BCUT2D eigenvalue weighted by Crippen LogP contribution is -2.55. The van der Waals surface area contributed by atoms with Gasteiger partial charge in [-0.1, -0.05) is 30.3 Å². The molecule has 5 heteroatoms. The molecule has 0 radical (unpaired) electrons. The molecule has 1 aliphatic heterocycles. The highest BCUT2D eigenvalue weighted by molar-refractivity contribution is 5.80. The molecule has 1 fully saturated rings. The molecule has 24 heavy (non-hydrogen) atoms. The monoisotopic (exact) mass is 326 g/mol. The molecule has 126 valence electrons. The van der Waals surface area contributed by atoms with Crippen LogP contribution in [-0.2, 0) is 6.54 Å². The molecule has 2 N–H and O–H groups in total. The number of phenolic OH excluding ortho intramolecular Hbond substituents is 2. The summed E-state index contributed by atoms with van der Waals surface area (Å²) >= 11 is 0. The van der Waals surface area contributed by atoms with Crippen molar-refractivity contribution in [2.75, 3.05) is 33.2 Å². The number of aromatic hydroxyl groups is 2. The summed E-state index contributed by atoms with van der Waals surface area (Å²) in [6.45, 7) is 4.96. The van der Waals surface area contributed by atoms with Crippen LogP contribution in [0.4, 0.5) is 0 Å². The van der Waals surface area contributed by atoms with E-state index in [2.05, 4.69) is 47.5 Å². The summed E-state index contributed by atoms with van der Waals surface area (Å²) in [5.41, 5.74) is 2.15. The topological polar surface area (TPSA) is 56.1 Å². The standard InChI is InChI=1S/C19H23N3O2/c1-22(15-16-5-3-2-4-6-16)11-9-21(10-12-22)20-14-17-7-8-18(23)19(24)13-17/h2-8,13-14H,9-12,15H2,1H3,(H-,20,23,24)/p+1. The molecule has 0 aliphatic carbocycles. The molecule has 2 aromatic rings. The van der Waals surface area contributed by atoms with Gasteiger partial charge < -0.3 is 14.7 Å². The Kier molecular flexibility index (Phi) is 4.71. The minimum absolute atomic E-state index is 0.112. The van der Waals surface area contributed by atoms with Crippen LogP contribution >= 0.6 is 0 Å². The highest BCUT2D eigenvalue weighted by Gasteiger charge is 2.28. The van der Waals surface area contributed by atoms with Gasteiger partial charge in [0, 0.05) is 5.56 Å². The van der Waals surface area contributed by atoms with Crippen molar-refractivity contribution in [1.82, 2.24) is 5.01 Å². The lowest BCUT2D eigenvalue weighted by atomic mass is 10.1. The Labute approximate surface area is 142 Å². The first-order valence-corrected chi connectivity index (χ1v) is 8.22. The quantitative estimate of drug-likeness (QED) is 0.515. The summed E-state index contributed by atoms with van der Waals surface area (Å²) in [6.07, 6.45) is 1.73. The molecule has 1 aliphatic rings. The van der Waals surface area contributed by atoms with Crippen LogP contribution in [-0.4, -0.2) is 59.1 Å². The fourth-order valence-electron chi connectivity index (χ4n) is 3.00. The second kappa shape index (κ2) is 6.93. The van der Waals surface area contributed by atoms with Gasteiger partial charge in [0.2, 0.25) is 0 Å². The number of benzene rings is 2. The fraction of sp³-hybridized carbons (Fsp3) is 0.316. The number of rotatable bonds is 4. The fourth-order valence-corrected chi connectivity index (χ4v) is 3.00. The van der Waals surface area contributed by atoms with Crippen molar-refractivity contribution in [2.24, 2.45) is 5.10 Å². The second-order valence-electron chi connectivity index (χ2n) is 6.66. The van der Waals surface area contributed by atoms with Crippen LogP contribution in [0.3, 0.4) is 0 Å².